The maximum absolute atomic E-state index is 4.42. The first-order chi connectivity index (χ1) is 14.2. The van der Waals surface area contributed by atoms with E-state index in [4.69, 9.17) is 0 Å². The molecule has 0 aliphatic heterocycles. The molecule has 2 aromatic carbocycles. The van der Waals surface area contributed by atoms with Gasteiger partial charge in [0.2, 0.25) is 0 Å². The third-order valence-corrected chi connectivity index (χ3v) is 5.23. The first-order valence-electron chi connectivity index (χ1n) is 10.0. The van der Waals surface area contributed by atoms with E-state index in [0.29, 0.717) is 0 Å². The van der Waals surface area contributed by atoms with Crippen LogP contribution in [0.1, 0.15) is 24.2 Å². The topological polar surface area (TPSA) is 64.8 Å². The average Bonchev–Trinajstić information content (AvgIpc) is 3.18. The van der Waals surface area contributed by atoms with E-state index in [9.17, 15) is 0 Å². The van der Waals surface area contributed by atoms with E-state index < -0.39 is 0 Å². The zero-order valence-corrected chi connectivity index (χ0v) is 16.9. The molecule has 0 aliphatic carbocycles. The molecule has 1 atom stereocenters. The SMILES string of the molecule is CNC(C)c1cc(Nc2ccc(NCCc3c[nH]c4ccccc34)cc2)ccn1. The third-order valence-electron chi connectivity index (χ3n) is 5.23. The van der Waals surface area contributed by atoms with Crippen LogP contribution in [0.4, 0.5) is 17.1 Å². The third kappa shape index (κ3) is 4.58. The molecule has 4 rings (SSSR count). The van der Waals surface area contributed by atoms with Crippen molar-refractivity contribution in [2.24, 2.45) is 0 Å². The summed E-state index contributed by atoms with van der Waals surface area (Å²) in [6.07, 6.45) is 4.93. The molecule has 0 saturated heterocycles. The van der Waals surface area contributed by atoms with Crippen LogP contribution in [0.5, 0.6) is 0 Å². The van der Waals surface area contributed by atoms with E-state index in [1.807, 2.05) is 19.3 Å². The van der Waals surface area contributed by atoms with Crippen molar-refractivity contribution in [2.75, 3.05) is 24.2 Å². The Hall–Kier alpha value is -3.31. The lowest BCUT2D eigenvalue weighted by Gasteiger charge is -2.13. The number of H-pyrrole nitrogens is 1. The largest absolute Gasteiger partial charge is 0.385 e. The second-order valence-corrected chi connectivity index (χ2v) is 7.22. The number of aromatic nitrogens is 2. The summed E-state index contributed by atoms with van der Waals surface area (Å²) >= 11 is 0. The highest BCUT2D eigenvalue weighted by atomic mass is 14.9. The van der Waals surface area contributed by atoms with Crippen molar-refractivity contribution in [1.29, 1.82) is 0 Å². The van der Waals surface area contributed by atoms with Crippen LogP contribution >= 0.6 is 0 Å². The van der Waals surface area contributed by atoms with Crippen molar-refractivity contribution in [1.82, 2.24) is 15.3 Å². The standard InChI is InChI=1S/C24H27N5/c1-17(25-2)24-15-21(12-14-27-24)29-20-9-7-19(8-10-20)26-13-11-18-16-28-23-6-4-3-5-22(18)23/h3-10,12,14-17,25-26,28H,11,13H2,1-2H3,(H,27,29). The predicted molar refractivity (Wildman–Crippen MR) is 122 cm³/mol. The quantitative estimate of drug-likeness (QED) is 0.335. The van der Waals surface area contributed by atoms with Gasteiger partial charge in [-0.25, -0.2) is 0 Å². The van der Waals surface area contributed by atoms with Crippen LogP contribution < -0.4 is 16.0 Å². The summed E-state index contributed by atoms with van der Waals surface area (Å²) in [6.45, 7) is 2.99. The lowest BCUT2D eigenvalue weighted by Crippen LogP contribution is -2.13. The lowest BCUT2D eigenvalue weighted by atomic mass is 10.1. The molecule has 5 heteroatoms. The minimum Gasteiger partial charge on any atom is -0.385 e. The number of anilines is 3. The summed E-state index contributed by atoms with van der Waals surface area (Å²) < 4.78 is 0. The van der Waals surface area contributed by atoms with Crippen LogP contribution in [0.25, 0.3) is 10.9 Å². The molecule has 148 valence electrons. The monoisotopic (exact) mass is 385 g/mol. The highest BCUT2D eigenvalue weighted by molar-refractivity contribution is 5.83. The van der Waals surface area contributed by atoms with E-state index in [0.717, 1.165) is 35.7 Å². The van der Waals surface area contributed by atoms with Crippen molar-refractivity contribution in [3.63, 3.8) is 0 Å². The van der Waals surface area contributed by atoms with Crippen LogP contribution in [-0.2, 0) is 6.42 Å². The first-order valence-corrected chi connectivity index (χ1v) is 10.0. The molecular formula is C24H27N5. The normalized spacial score (nSPS) is 12.1. The fourth-order valence-corrected chi connectivity index (χ4v) is 3.43. The Morgan fingerprint density at radius 1 is 0.966 bits per heavy atom. The molecule has 2 heterocycles. The number of rotatable bonds is 8. The zero-order chi connectivity index (χ0) is 20.1. The zero-order valence-electron chi connectivity index (χ0n) is 16.9. The molecular weight excluding hydrogens is 358 g/mol. The molecule has 0 bridgehead atoms. The number of pyridine rings is 1. The van der Waals surface area contributed by atoms with E-state index in [-0.39, 0.29) is 6.04 Å². The molecule has 0 radical (unpaired) electrons. The molecule has 0 fully saturated rings. The predicted octanol–water partition coefficient (Wildman–Crippen LogP) is 5.24. The Bertz CT molecular complexity index is 1070. The number of fused-ring (bicyclic) bond motifs is 1. The molecule has 2 aromatic heterocycles. The molecule has 4 aromatic rings. The van der Waals surface area contributed by atoms with Crippen LogP contribution in [0.15, 0.2) is 73.1 Å². The van der Waals surface area contributed by atoms with E-state index in [1.54, 1.807) is 0 Å². The lowest BCUT2D eigenvalue weighted by molar-refractivity contribution is 0.633. The van der Waals surface area contributed by atoms with Gasteiger partial charge in [0.15, 0.2) is 0 Å². The Labute approximate surface area is 171 Å². The number of hydrogen-bond donors (Lipinski definition) is 4. The van der Waals surface area contributed by atoms with Gasteiger partial charge in [-0.1, -0.05) is 18.2 Å². The van der Waals surface area contributed by atoms with Gasteiger partial charge in [-0.15, -0.1) is 0 Å². The Kier molecular flexibility index (Phi) is 5.77. The highest BCUT2D eigenvalue weighted by Crippen LogP contribution is 2.22. The highest BCUT2D eigenvalue weighted by Gasteiger charge is 2.05. The Morgan fingerprint density at radius 2 is 1.76 bits per heavy atom. The minimum absolute atomic E-state index is 0.223. The van der Waals surface area contributed by atoms with E-state index >= 15 is 0 Å². The Morgan fingerprint density at radius 3 is 2.59 bits per heavy atom. The summed E-state index contributed by atoms with van der Waals surface area (Å²) in [5, 5.41) is 11.5. The smallest absolute Gasteiger partial charge is 0.0590 e. The van der Waals surface area contributed by atoms with E-state index in [2.05, 4.69) is 93.6 Å². The van der Waals surface area contributed by atoms with Crippen LogP contribution in [-0.4, -0.2) is 23.6 Å². The second-order valence-electron chi connectivity index (χ2n) is 7.22. The molecule has 0 aliphatic rings. The number of nitrogens with zero attached hydrogens (tertiary/aromatic N) is 1. The van der Waals surface area contributed by atoms with Gasteiger partial charge >= 0.3 is 0 Å². The summed E-state index contributed by atoms with van der Waals surface area (Å²) in [5.41, 5.74) is 6.78. The molecule has 4 N–H and O–H groups in total. The fraction of sp³-hybridized carbons (Fsp3) is 0.208. The van der Waals surface area contributed by atoms with Crippen molar-refractivity contribution >= 4 is 28.0 Å². The first kappa shape index (κ1) is 19.0. The molecule has 29 heavy (non-hydrogen) atoms. The van der Waals surface area contributed by atoms with Gasteiger partial charge in [0.05, 0.1) is 5.69 Å². The number of aromatic amines is 1. The number of hydrogen-bond acceptors (Lipinski definition) is 4. The van der Waals surface area contributed by atoms with Gasteiger partial charge in [0.25, 0.3) is 0 Å². The number of para-hydroxylation sites is 1. The minimum atomic E-state index is 0.223. The molecule has 0 saturated carbocycles. The van der Waals surface area contributed by atoms with Crippen molar-refractivity contribution in [3.05, 3.63) is 84.3 Å². The van der Waals surface area contributed by atoms with Gasteiger partial charge in [-0.2, -0.15) is 0 Å². The molecule has 1 unspecified atom stereocenters. The van der Waals surface area contributed by atoms with Gasteiger partial charge in [0, 0.05) is 52.9 Å². The molecule has 0 spiro atoms. The van der Waals surface area contributed by atoms with Gasteiger partial charge in [0.1, 0.15) is 0 Å². The summed E-state index contributed by atoms with van der Waals surface area (Å²) in [6, 6.07) is 21.1. The average molecular weight is 386 g/mol. The van der Waals surface area contributed by atoms with Gasteiger partial charge in [-0.05, 0) is 68.4 Å². The van der Waals surface area contributed by atoms with Crippen LogP contribution in [0.2, 0.25) is 0 Å². The van der Waals surface area contributed by atoms with Crippen LogP contribution in [0, 0.1) is 0 Å². The number of nitrogens with one attached hydrogen (secondary N) is 4. The number of benzene rings is 2. The van der Waals surface area contributed by atoms with Gasteiger partial charge in [-0.3, -0.25) is 4.98 Å². The fourth-order valence-electron chi connectivity index (χ4n) is 3.43. The van der Waals surface area contributed by atoms with Crippen molar-refractivity contribution < 1.29 is 0 Å². The maximum atomic E-state index is 4.42. The van der Waals surface area contributed by atoms with Gasteiger partial charge < -0.3 is 20.9 Å². The van der Waals surface area contributed by atoms with Crippen molar-refractivity contribution in [2.45, 2.75) is 19.4 Å². The summed E-state index contributed by atoms with van der Waals surface area (Å²) in [4.78, 5) is 7.76. The molecule has 0 amide bonds. The summed E-state index contributed by atoms with van der Waals surface area (Å²) in [7, 11) is 1.94. The second kappa shape index (κ2) is 8.80. The Balaban J connectivity index is 1.33. The van der Waals surface area contributed by atoms with Crippen molar-refractivity contribution in [3.8, 4) is 0 Å². The molecule has 5 nitrogen and oxygen atoms in total. The van der Waals surface area contributed by atoms with Crippen LogP contribution in [0.3, 0.4) is 0 Å². The maximum Gasteiger partial charge on any atom is 0.0590 e. The summed E-state index contributed by atoms with van der Waals surface area (Å²) in [5.74, 6) is 0. The van der Waals surface area contributed by atoms with E-state index in [1.165, 1.54) is 16.5 Å².